The molecule has 3 aromatic rings. The van der Waals surface area contributed by atoms with Crippen molar-refractivity contribution in [1.29, 1.82) is 5.41 Å². The number of carbonyl (C=O) groups excluding carboxylic acids is 1. The molecule has 15 heteroatoms. The minimum atomic E-state index is -4.52. The van der Waals surface area contributed by atoms with Gasteiger partial charge >= 0.3 is 6.18 Å². The number of piperidine rings is 1. The van der Waals surface area contributed by atoms with Crippen LogP contribution in [0.15, 0.2) is 34.2 Å². The van der Waals surface area contributed by atoms with Crippen molar-refractivity contribution >= 4 is 39.2 Å². The summed E-state index contributed by atoms with van der Waals surface area (Å²) >= 11 is 1.07. The minimum absolute atomic E-state index is 0.0136. The van der Waals surface area contributed by atoms with Crippen LogP contribution >= 0.6 is 11.3 Å². The summed E-state index contributed by atoms with van der Waals surface area (Å²) in [6.45, 7) is 3.65. The van der Waals surface area contributed by atoms with Crippen LogP contribution in [0.3, 0.4) is 0 Å². The molecule has 4 unspecified atom stereocenters. The van der Waals surface area contributed by atoms with Gasteiger partial charge in [-0.2, -0.15) is 18.2 Å². The molecule has 0 saturated carbocycles. The fourth-order valence-electron chi connectivity index (χ4n) is 5.37. The number of likely N-dealkylation sites (tertiary alicyclic amines) is 1. The van der Waals surface area contributed by atoms with E-state index in [1.807, 2.05) is 25.8 Å². The van der Waals surface area contributed by atoms with E-state index in [1.54, 1.807) is 18.2 Å². The Bertz CT molecular complexity index is 1480. The Morgan fingerprint density at radius 1 is 1.35 bits per heavy atom. The van der Waals surface area contributed by atoms with Crippen molar-refractivity contribution in [3.8, 4) is 10.7 Å². The second-order valence-electron chi connectivity index (χ2n) is 10.3. The molecule has 4 atom stereocenters. The molecule has 10 nitrogen and oxygen atoms in total. The number of benzene rings is 1. The number of hydrogen-bond acceptors (Lipinski definition) is 10. The molecule has 1 amide bonds. The van der Waals surface area contributed by atoms with E-state index < -0.39 is 30.7 Å². The number of anilines is 1. The molecule has 1 fully saturated rings. The molecule has 4 rings (SSSR count). The maximum atomic E-state index is 15.4. The Morgan fingerprint density at radius 2 is 2.09 bits per heavy atom. The first-order valence-electron chi connectivity index (χ1n) is 13.7. The summed E-state index contributed by atoms with van der Waals surface area (Å²) in [5, 5.41) is 20.2. The zero-order chi connectivity index (χ0) is 31.5. The summed E-state index contributed by atoms with van der Waals surface area (Å²) in [6.07, 6.45) is -4.71. The van der Waals surface area contributed by atoms with E-state index in [0.29, 0.717) is 22.2 Å². The van der Waals surface area contributed by atoms with Crippen LogP contribution < -0.4 is 16.0 Å². The topological polar surface area (TPSA) is 128 Å². The summed E-state index contributed by atoms with van der Waals surface area (Å²) in [4.78, 5) is 19.0. The van der Waals surface area contributed by atoms with Crippen molar-refractivity contribution in [2.45, 2.75) is 70.1 Å². The van der Waals surface area contributed by atoms with Crippen LogP contribution in [0.2, 0.25) is 0 Å². The van der Waals surface area contributed by atoms with Gasteiger partial charge in [-0.05, 0) is 43.8 Å². The summed E-state index contributed by atoms with van der Waals surface area (Å²) < 4.78 is 67.5. The van der Waals surface area contributed by atoms with Gasteiger partial charge in [0.1, 0.15) is 11.7 Å². The maximum Gasteiger partial charge on any atom is 0.393 e. The third kappa shape index (κ3) is 6.93. The van der Waals surface area contributed by atoms with Crippen LogP contribution in [0.1, 0.15) is 38.1 Å². The van der Waals surface area contributed by atoms with Gasteiger partial charge in [0.15, 0.2) is 0 Å². The Morgan fingerprint density at radius 3 is 2.72 bits per heavy atom. The first-order valence-corrected chi connectivity index (χ1v) is 14.5. The van der Waals surface area contributed by atoms with E-state index in [2.05, 4.69) is 26.1 Å². The normalized spacial score (nSPS) is 21.8. The molecule has 234 valence electrons. The highest BCUT2D eigenvalue weighted by molar-refractivity contribution is 7.23. The van der Waals surface area contributed by atoms with Gasteiger partial charge in [-0.1, -0.05) is 24.2 Å². The summed E-state index contributed by atoms with van der Waals surface area (Å²) in [7, 11) is 4.77. The monoisotopic (exact) mass is 625 g/mol. The Hall–Kier alpha value is -3.72. The van der Waals surface area contributed by atoms with Crippen molar-refractivity contribution in [3.63, 3.8) is 0 Å². The second-order valence-corrected chi connectivity index (χ2v) is 11.3. The zero-order valence-corrected chi connectivity index (χ0v) is 25.3. The number of fused-ring (bicyclic) bond motifs is 1. The number of amides is 1. The summed E-state index contributed by atoms with van der Waals surface area (Å²) in [6, 6.07) is 4.32. The van der Waals surface area contributed by atoms with Crippen molar-refractivity contribution in [3.05, 3.63) is 41.1 Å². The number of carbonyl (C=O) groups is 1. The quantitative estimate of drug-likeness (QED) is 0.101. The number of nitrogens with one attached hydrogen (secondary N) is 4. The van der Waals surface area contributed by atoms with Gasteiger partial charge in [0, 0.05) is 25.3 Å². The third-order valence-corrected chi connectivity index (χ3v) is 9.01. The van der Waals surface area contributed by atoms with Crippen LogP contribution in [0, 0.1) is 5.41 Å². The Labute approximate surface area is 250 Å². The maximum absolute atomic E-state index is 15.4. The lowest BCUT2D eigenvalue weighted by atomic mass is 9.89. The fraction of sp³-hybridized carbons (Fsp3) is 0.500. The highest BCUT2D eigenvalue weighted by Crippen LogP contribution is 2.44. The lowest BCUT2D eigenvalue weighted by Gasteiger charge is -2.44. The van der Waals surface area contributed by atoms with Gasteiger partial charge in [-0.15, -0.1) is 11.3 Å². The number of ether oxygens (including phenoxy) is 1. The predicted molar refractivity (Wildman–Crippen MR) is 157 cm³/mol. The van der Waals surface area contributed by atoms with Gasteiger partial charge in [0.2, 0.25) is 17.6 Å². The van der Waals surface area contributed by atoms with Crippen molar-refractivity contribution in [2.24, 2.45) is 0 Å². The number of methoxy groups -OCH3 is 1. The van der Waals surface area contributed by atoms with Crippen molar-refractivity contribution in [1.82, 2.24) is 25.7 Å². The standard InChI is InChI=1S/C28H35F4N7O3S/c1-6-15-10-20(22(29)14(2)39(15)4)36-19-9-7-8-16-17(11-28(30,31)32)24(43-23(16)19)25-37-21(42-38-25)13-35-26(40)18(12-33)27(34-3)41-5/h7-9,12,14-15,20,22,33-34,36H,6,10-11,13H2,1-5H3,(H,35,40)/b27-18-,33-12?. The largest absolute Gasteiger partial charge is 0.482 e. The van der Waals surface area contributed by atoms with E-state index in [4.69, 9.17) is 14.7 Å². The summed E-state index contributed by atoms with van der Waals surface area (Å²) in [5.74, 6) is -0.690. The van der Waals surface area contributed by atoms with Crippen LogP contribution in [0.5, 0.6) is 0 Å². The average Bonchev–Trinajstić information content (AvgIpc) is 3.59. The molecule has 1 aliphatic rings. The van der Waals surface area contributed by atoms with E-state index >= 15 is 4.39 Å². The van der Waals surface area contributed by atoms with Crippen LogP contribution in [0.25, 0.3) is 20.8 Å². The number of halogens is 4. The van der Waals surface area contributed by atoms with Gasteiger partial charge < -0.3 is 30.6 Å². The van der Waals surface area contributed by atoms with E-state index in [9.17, 15) is 18.0 Å². The second kappa shape index (κ2) is 13.3. The van der Waals surface area contributed by atoms with Crippen molar-refractivity contribution < 1.29 is 31.6 Å². The van der Waals surface area contributed by atoms with E-state index in [1.165, 1.54) is 14.2 Å². The number of alkyl halides is 4. The molecule has 0 spiro atoms. The zero-order valence-electron chi connectivity index (χ0n) is 24.4. The number of aromatic nitrogens is 2. The Kier molecular flexibility index (Phi) is 9.95. The molecule has 0 bridgehead atoms. The molecule has 4 N–H and O–H groups in total. The molecule has 1 aromatic carbocycles. The van der Waals surface area contributed by atoms with Crippen LogP contribution in [-0.4, -0.2) is 78.8 Å². The molecule has 3 heterocycles. The lowest BCUT2D eigenvalue weighted by molar-refractivity contribution is -0.126. The van der Waals surface area contributed by atoms with Gasteiger partial charge in [-0.3, -0.25) is 9.69 Å². The van der Waals surface area contributed by atoms with Gasteiger partial charge in [0.25, 0.3) is 5.91 Å². The molecule has 2 aromatic heterocycles. The van der Waals surface area contributed by atoms with Gasteiger partial charge in [-0.25, -0.2) is 4.39 Å². The number of hydrogen-bond donors (Lipinski definition) is 4. The molecular weight excluding hydrogens is 590 g/mol. The third-order valence-electron chi connectivity index (χ3n) is 7.73. The van der Waals surface area contributed by atoms with Crippen molar-refractivity contribution in [2.75, 3.05) is 26.5 Å². The lowest BCUT2D eigenvalue weighted by Crippen LogP contribution is -2.56. The molecular formula is C28H35F4N7O3S. The SMILES string of the molecule is CCC1CC(Nc2cccc3c(CC(F)(F)F)c(-c4noc(CNC(=O)/C(C=N)=C(/NC)OC)n4)sc23)C(F)C(C)N1C. The summed E-state index contributed by atoms with van der Waals surface area (Å²) in [5.41, 5.74) is 0.443. The highest BCUT2D eigenvalue weighted by atomic mass is 32.1. The molecule has 0 radical (unpaired) electrons. The Balaban J connectivity index is 1.66. The molecule has 0 aliphatic carbocycles. The minimum Gasteiger partial charge on any atom is -0.482 e. The van der Waals surface area contributed by atoms with E-state index in [-0.39, 0.29) is 52.2 Å². The molecule has 43 heavy (non-hydrogen) atoms. The smallest absolute Gasteiger partial charge is 0.393 e. The number of rotatable bonds is 11. The number of thiophene rings is 1. The molecule has 1 saturated heterocycles. The molecule has 1 aliphatic heterocycles. The first kappa shape index (κ1) is 32.2. The highest BCUT2D eigenvalue weighted by Gasteiger charge is 2.39. The van der Waals surface area contributed by atoms with Gasteiger partial charge in [0.05, 0.1) is 41.4 Å². The predicted octanol–water partition coefficient (Wildman–Crippen LogP) is 5.02. The number of nitrogens with zero attached hydrogens (tertiary/aromatic N) is 3. The first-order chi connectivity index (χ1) is 20.4. The van der Waals surface area contributed by atoms with Crippen LogP contribution in [-0.2, 0) is 22.5 Å². The average molecular weight is 626 g/mol. The van der Waals surface area contributed by atoms with E-state index in [0.717, 1.165) is 24.0 Å². The van der Waals surface area contributed by atoms with Crippen LogP contribution in [0.4, 0.5) is 23.2 Å². The fourth-order valence-corrected chi connectivity index (χ4v) is 6.59.